The fraction of sp³-hybridized carbons (Fsp3) is 0. The number of pyridine rings is 1. The Bertz CT molecular complexity index is 1300. The van der Waals surface area contributed by atoms with Crippen molar-refractivity contribution in [3.8, 4) is 0 Å². The van der Waals surface area contributed by atoms with E-state index in [0.29, 0.717) is 11.3 Å². The highest BCUT2D eigenvalue weighted by molar-refractivity contribution is 7.90. The lowest BCUT2D eigenvalue weighted by atomic mass is 10.1. The zero-order chi connectivity index (χ0) is 20.1. The molecule has 4 rings (SSSR count). The van der Waals surface area contributed by atoms with Crippen LogP contribution in [0.3, 0.4) is 0 Å². The summed E-state index contributed by atoms with van der Waals surface area (Å²) in [5.41, 5.74) is 2.02. The van der Waals surface area contributed by atoms with E-state index in [1.807, 2.05) is 66.7 Å². The maximum absolute atomic E-state index is 12.7. The first-order chi connectivity index (χ1) is 14.1. The van der Waals surface area contributed by atoms with E-state index >= 15 is 0 Å². The second kappa shape index (κ2) is 8.20. The van der Waals surface area contributed by atoms with Gasteiger partial charge < -0.3 is 0 Å². The van der Waals surface area contributed by atoms with Crippen LogP contribution in [0.25, 0.3) is 16.8 Å². The molecule has 0 saturated carbocycles. The summed E-state index contributed by atoms with van der Waals surface area (Å²) in [7, 11) is -3.92. The van der Waals surface area contributed by atoms with Gasteiger partial charge in [-0.1, -0.05) is 78.9 Å². The zero-order valence-corrected chi connectivity index (χ0v) is 16.3. The van der Waals surface area contributed by atoms with Gasteiger partial charge in [0.25, 0.3) is 10.0 Å². The molecule has 4 nitrogen and oxygen atoms in total. The third-order valence-electron chi connectivity index (χ3n) is 4.40. The van der Waals surface area contributed by atoms with E-state index < -0.39 is 10.0 Å². The summed E-state index contributed by atoms with van der Waals surface area (Å²) in [6.07, 6.45) is 5.03. The van der Waals surface area contributed by atoms with E-state index in [2.05, 4.69) is 21.5 Å². The molecule has 0 aliphatic heterocycles. The summed E-state index contributed by atoms with van der Waals surface area (Å²) in [6.45, 7) is 0. The predicted molar refractivity (Wildman–Crippen MR) is 117 cm³/mol. The lowest BCUT2D eigenvalue weighted by Crippen LogP contribution is -2.05. The zero-order valence-electron chi connectivity index (χ0n) is 15.5. The lowest BCUT2D eigenvalue weighted by molar-refractivity contribution is 0.594. The Morgan fingerprint density at radius 2 is 1.52 bits per heavy atom. The van der Waals surface area contributed by atoms with Crippen LogP contribution in [0, 0.1) is 0 Å². The number of hydrogen-bond donors (Lipinski definition) is 0. The molecule has 0 spiro atoms. The standard InChI is InChI=1S/C24H18N2O2S/c27-29(28,24-12-6-7-17-25-24)26-23(21-9-2-1-3-10-21)16-14-19-13-15-20-8-4-5-11-22(20)18-19/h1-18H/b16-14+,26-23+. The Hall–Kier alpha value is -3.57. The van der Waals surface area contributed by atoms with Crippen LogP contribution < -0.4 is 0 Å². The molecule has 1 aromatic heterocycles. The largest absolute Gasteiger partial charge is 0.300 e. The minimum Gasteiger partial charge on any atom is -0.243 e. The molecule has 4 aromatic rings. The molecule has 0 N–H and O–H groups in total. The molecule has 3 aromatic carbocycles. The molecular formula is C24H18N2O2S. The van der Waals surface area contributed by atoms with Crippen molar-refractivity contribution in [2.75, 3.05) is 0 Å². The lowest BCUT2D eigenvalue weighted by Gasteiger charge is -2.04. The SMILES string of the molecule is O=S(=O)(/N=C(\C=C\c1ccc2ccccc2c1)c1ccccc1)c1ccccn1. The summed E-state index contributed by atoms with van der Waals surface area (Å²) in [6, 6.07) is 28.2. The molecule has 0 radical (unpaired) electrons. The van der Waals surface area contributed by atoms with Crippen molar-refractivity contribution < 1.29 is 8.42 Å². The van der Waals surface area contributed by atoms with Gasteiger partial charge in [0.15, 0.2) is 5.03 Å². The van der Waals surface area contributed by atoms with Gasteiger partial charge in [-0.25, -0.2) is 4.98 Å². The Morgan fingerprint density at radius 3 is 2.28 bits per heavy atom. The number of aromatic nitrogens is 1. The van der Waals surface area contributed by atoms with Gasteiger partial charge in [-0.3, -0.25) is 0 Å². The van der Waals surface area contributed by atoms with Crippen molar-refractivity contribution in [3.05, 3.63) is 114 Å². The van der Waals surface area contributed by atoms with E-state index in [9.17, 15) is 8.42 Å². The fourth-order valence-corrected chi connectivity index (χ4v) is 3.91. The first kappa shape index (κ1) is 18.8. The topological polar surface area (TPSA) is 59.4 Å². The van der Waals surface area contributed by atoms with Crippen LogP contribution in [0.2, 0.25) is 0 Å². The molecule has 0 saturated heterocycles. The minimum atomic E-state index is -3.92. The highest BCUT2D eigenvalue weighted by atomic mass is 32.2. The second-order valence-corrected chi connectivity index (χ2v) is 7.98. The van der Waals surface area contributed by atoms with Gasteiger partial charge in [-0.05, 0) is 40.6 Å². The molecule has 29 heavy (non-hydrogen) atoms. The van der Waals surface area contributed by atoms with Crippen molar-refractivity contribution in [1.82, 2.24) is 4.98 Å². The minimum absolute atomic E-state index is 0.0764. The van der Waals surface area contributed by atoms with Crippen LogP contribution in [0.5, 0.6) is 0 Å². The highest BCUT2D eigenvalue weighted by Crippen LogP contribution is 2.18. The van der Waals surface area contributed by atoms with Crippen molar-refractivity contribution in [2.24, 2.45) is 4.40 Å². The molecule has 0 fully saturated rings. The number of allylic oxidation sites excluding steroid dienone is 1. The molecule has 5 heteroatoms. The van der Waals surface area contributed by atoms with Crippen molar-refractivity contribution in [2.45, 2.75) is 5.03 Å². The van der Waals surface area contributed by atoms with E-state index in [1.54, 1.807) is 18.2 Å². The van der Waals surface area contributed by atoms with Gasteiger partial charge in [0.2, 0.25) is 0 Å². The van der Waals surface area contributed by atoms with E-state index in [1.165, 1.54) is 12.3 Å². The molecule has 0 bridgehead atoms. The van der Waals surface area contributed by atoms with Gasteiger partial charge in [0, 0.05) is 11.8 Å². The van der Waals surface area contributed by atoms with Gasteiger partial charge in [-0.2, -0.15) is 12.8 Å². The average Bonchev–Trinajstić information content (AvgIpc) is 2.77. The third-order valence-corrected chi connectivity index (χ3v) is 5.60. The van der Waals surface area contributed by atoms with Crippen molar-refractivity contribution in [3.63, 3.8) is 0 Å². The van der Waals surface area contributed by atoms with Crippen LogP contribution in [0.4, 0.5) is 0 Å². The second-order valence-electron chi connectivity index (χ2n) is 6.43. The van der Waals surface area contributed by atoms with Crippen molar-refractivity contribution in [1.29, 1.82) is 0 Å². The van der Waals surface area contributed by atoms with E-state index in [0.717, 1.165) is 16.3 Å². The van der Waals surface area contributed by atoms with Crippen LogP contribution in [-0.2, 0) is 10.0 Å². The Kier molecular flexibility index (Phi) is 5.31. The molecule has 0 amide bonds. The van der Waals surface area contributed by atoms with Crippen LogP contribution in [-0.4, -0.2) is 19.1 Å². The molecule has 0 unspecified atom stereocenters. The van der Waals surface area contributed by atoms with Crippen LogP contribution in [0.15, 0.2) is 113 Å². The maximum atomic E-state index is 12.7. The first-order valence-electron chi connectivity index (χ1n) is 9.10. The Morgan fingerprint density at radius 1 is 0.793 bits per heavy atom. The number of fused-ring (bicyclic) bond motifs is 1. The quantitative estimate of drug-likeness (QED) is 0.438. The number of sulfonamides is 1. The van der Waals surface area contributed by atoms with Crippen LogP contribution >= 0.6 is 0 Å². The third kappa shape index (κ3) is 4.47. The molecular weight excluding hydrogens is 380 g/mol. The van der Waals surface area contributed by atoms with Crippen molar-refractivity contribution >= 4 is 32.6 Å². The summed E-state index contributed by atoms with van der Waals surface area (Å²) < 4.78 is 29.5. The summed E-state index contributed by atoms with van der Waals surface area (Å²) in [5, 5.41) is 2.20. The van der Waals surface area contributed by atoms with Crippen LogP contribution in [0.1, 0.15) is 11.1 Å². The summed E-state index contributed by atoms with van der Waals surface area (Å²) in [4.78, 5) is 3.93. The van der Waals surface area contributed by atoms with E-state index in [-0.39, 0.29) is 5.03 Å². The molecule has 1 heterocycles. The number of benzene rings is 3. The smallest absolute Gasteiger partial charge is 0.243 e. The molecule has 0 atom stereocenters. The molecule has 0 aliphatic rings. The number of hydrogen-bond acceptors (Lipinski definition) is 3. The number of rotatable bonds is 5. The first-order valence-corrected chi connectivity index (χ1v) is 10.5. The van der Waals surface area contributed by atoms with Gasteiger partial charge in [-0.15, -0.1) is 0 Å². The summed E-state index contributed by atoms with van der Waals surface area (Å²) >= 11 is 0. The Balaban J connectivity index is 1.76. The van der Waals surface area contributed by atoms with Gasteiger partial charge >= 0.3 is 0 Å². The average molecular weight is 398 g/mol. The van der Waals surface area contributed by atoms with Gasteiger partial charge in [0.05, 0.1) is 5.71 Å². The highest BCUT2D eigenvalue weighted by Gasteiger charge is 2.15. The summed E-state index contributed by atoms with van der Waals surface area (Å²) in [5.74, 6) is 0. The molecule has 142 valence electrons. The monoisotopic (exact) mass is 398 g/mol. The van der Waals surface area contributed by atoms with Gasteiger partial charge in [0.1, 0.15) is 0 Å². The fourth-order valence-electron chi connectivity index (χ4n) is 2.95. The molecule has 0 aliphatic carbocycles. The maximum Gasteiger partial charge on any atom is 0.300 e. The predicted octanol–water partition coefficient (Wildman–Crippen LogP) is 5.13. The normalized spacial score (nSPS) is 12.5. The van der Waals surface area contributed by atoms with E-state index in [4.69, 9.17) is 0 Å². The number of nitrogens with zero attached hydrogens (tertiary/aromatic N) is 2. The Labute approximate surface area is 170 Å².